The van der Waals surface area contributed by atoms with Crippen molar-refractivity contribution in [2.24, 2.45) is 11.5 Å². The topological polar surface area (TPSA) is 113 Å². The van der Waals surface area contributed by atoms with Crippen molar-refractivity contribution in [3.8, 4) is 11.5 Å². The van der Waals surface area contributed by atoms with Crippen LogP contribution in [0.1, 0.15) is 141 Å². The lowest BCUT2D eigenvalue weighted by Gasteiger charge is -2.14. The molecule has 5 nitrogen and oxygen atoms in total. The molecule has 0 heterocycles. The highest BCUT2D eigenvalue weighted by Crippen LogP contribution is 2.29. The Bertz CT molecular complexity index is 872. The van der Waals surface area contributed by atoms with Crippen LogP contribution in [0, 0.1) is 0 Å². The number of hydrogen-bond acceptors (Lipinski definition) is 5. The highest BCUT2D eigenvalue weighted by atomic mass is 16.5. The molecule has 5 heteroatoms. The minimum atomic E-state index is 0.278. The maximum atomic E-state index is 6.39. The van der Waals surface area contributed by atoms with Crippen molar-refractivity contribution in [3.05, 3.63) is 47.5 Å². The predicted octanol–water partition coefficient (Wildman–Crippen LogP) is 9.44. The second-order valence-electron chi connectivity index (χ2n) is 12.2. The van der Waals surface area contributed by atoms with Gasteiger partial charge in [0.2, 0.25) is 0 Å². The lowest BCUT2D eigenvalue weighted by Crippen LogP contribution is -2.19. The van der Waals surface area contributed by atoms with Crippen LogP contribution in [-0.2, 0) is 12.8 Å². The summed E-state index contributed by atoms with van der Waals surface area (Å²) >= 11 is 0. The molecule has 0 aliphatic heterocycles. The molecule has 0 aromatic heterocycles. The van der Waals surface area contributed by atoms with E-state index in [4.69, 9.17) is 27.7 Å². The molecule has 0 saturated carbocycles. The van der Waals surface area contributed by atoms with Crippen LogP contribution < -0.4 is 27.7 Å². The number of aryl methyl sites for hydroxylation is 2. The first-order valence-corrected chi connectivity index (χ1v) is 16.9. The summed E-state index contributed by atoms with van der Waals surface area (Å²) in [4.78, 5) is 0. The molecule has 0 amide bonds. The van der Waals surface area contributed by atoms with Gasteiger partial charge in [-0.15, -0.1) is 0 Å². The predicted molar refractivity (Wildman–Crippen MR) is 180 cm³/mol. The summed E-state index contributed by atoms with van der Waals surface area (Å²) in [6, 6.07) is 12.5. The molecular weight excluding hydrogens is 504 g/mol. The van der Waals surface area contributed by atoms with Gasteiger partial charge in [0.1, 0.15) is 11.5 Å². The van der Waals surface area contributed by atoms with E-state index in [1.165, 1.54) is 77.0 Å². The summed E-state index contributed by atoms with van der Waals surface area (Å²) in [5.74, 6) is 1.62. The SMILES string of the molecule is CCCCCCCCC(N)CCCc1cc(Oc2ccc(N)c(CCCC(N)CCCCCCCC)c2)ccc1N. The quantitative estimate of drug-likeness (QED) is 0.0746. The Labute approximate surface area is 252 Å². The van der Waals surface area contributed by atoms with Gasteiger partial charge in [-0.2, -0.15) is 0 Å². The third-order valence-electron chi connectivity index (χ3n) is 8.36. The highest BCUT2D eigenvalue weighted by Gasteiger charge is 2.09. The van der Waals surface area contributed by atoms with E-state index in [1.54, 1.807) is 0 Å². The third kappa shape index (κ3) is 15.5. The van der Waals surface area contributed by atoms with Crippen LogP contribution in [0.25, 0.3) is 0 Å². The van der Waals surface area contributed by atoms with Gasteiger partial charge in [-0.25, -0.2) is 0 Å². The third-order valence-corrected chi connectivity index (χ3v) is 8.36. The van der Waals surface area contributed by atoms with Gasteiger partial charge in [0.25, 0.3) is 0 Å². The monoisotopic (exact) mass is 566 g/mol. The Kier molecular flexibility index (Phi) is 18.3. The maximum Gasteiger partial charge on any atom is 0.127 e. The highest BCUT2D eigenvalue weighted by molar-refractivity contribution is 5.53. The van der Waals surface area contributed by atoms with Crippen LogP contribution in [0.4, 0.5) is 11.4 Å². The fourth-order valence-electron chi connectivity index (χ4n) is 5.63. The van der Waals surface area contributed by atoms with Crippen molar-refractivity contribution in [3.63, 3.8) is 0 Å². The van der Waals surface area contributed by atoms with Crippen LogP contribution >= 0.6 is 0 Å². The van der Waals surface area contributed by atoms with Gasteiger partial charge < -0.3 is 27.7 Å². The molecule has 0 bridgehead atoms. The van der Waals surface area contributed by atoms with Gasteiger partial charge in [-0.1, -0.05) is 90.9 Å². The molecule has 2 unspecified atom stereocenters. The molecule has 2 atom stereocenters. The van der Waals surface area contributed by atoms with E-state index in [0.717, 1.165) is 85.4 Å². The summed E-state index contributed by atoms with van der Waals surface area (Å²) in [5, 5.41) is 0. The van der Waals surface area contributed by atoms with Gasteiger partial charge in [-0.05, 0) is 98.9 Å². The van der Waals surface area contributed by atoms with Gasteiger partial charge in [0, 0.05) is 23.5 Å². The first kappa shape index (κ1) is 35.0. The van der Waals surface area contributed by atoms with Crippen molar-refractivity contribution in [2.45, 2.75) is 154 Å². The minimum Gasteiger partial charge on any atom is -0.457 e. The fourth-order valence-corrected chi connectivity index (χ4v) is 5.63. The van der Waals surface area contributed by atoms with E-state index in [2.05, 4.69) is 26.0 Å². The smallest absolute Gasteiger partial charge is 0.127 e. The number of nitrogens with two attached hydrogens (primary N) is 4. The number of benzene rings is 2. The average Bonchev–Trinajstić information content (AvgIpc) is 2.96. The Morgan fingerprint density at radius 1 is 0.512 bits per heavy atom. The first-order valence-electron chi connectivity index (χ1n) is 16.9. The van der Waals surface area contributed by atoms with Crippen LogP contribution in [0.5, 0.6) is 11.5 Å². The van der Waals surface area contributed by atoms with Gasteiger partial charge in [0.05, 0.1) is 0 Å². The average molecular weight is 567 g/mol. The number of ether oxygens (including phenoxy) is 1. The Morgan fingerprint density at radius 3 is 1.29 bits per heavy atom. The van der Waals surface area contributed by atoms with Crippen molar-refractivity contribution in [2.75, 3.05) is 11.5 Å². The minimum absolute atomic E-state index is 0.278. The summed E-state index contributed by atoms with van der Waals surface area (Å²) < 4.78 is 6.25. The Balaban J connectivity index is 1.76. The first-order chi connectivity index (χ1) is 19.9. The number of rotatable bonds is 24. The number of anilines is 2. The molecule has 0 radical (unpaired) electrons. The number of unbranched alkanes of at least 4 members (excludes halogenated alkanes) is 10. The molecule has 8 N–H and O–H groups in total. The molecule has 0 fully saturated rings. The van der Waals surface area contributed by atoms with E-state index in [9.17, 15) is 0 Å². The van der Waals surface area contributed by atoms with Crippen LogP contribution in [0.15, 0.2) is 36.4 Å². The lowest BCUT2D eigenvalue weighted by atomic mass is 9.99. The van der Waals surface area contributed by atoms with E-state index in [-0.39, 0.29) is 12.1 Å². The van der Waals surface area contributed by atoms with E-state index in [0.29, 0.717) is 0 Å². The van der Waals surface area contributed by atoms with Gasteiger partial charge >= 0.3 is 0 Å². The zero-order chi connectivity index (χ0) is 29.7. The number of hydrogen-bond donors (Lipinski definition) is 4. The largest absolute Gasteiger partial charge is 0.457 e. The summed E-state index contributed by atoms with van der Waals surface area (Å²) in [6.45, 7) is 4.52. The van der Waals surface area contributed by atoms with E-state index in [1.807, 2.05) is 24.3 Å². The molecule has 2 aromatic carbocycles. The standard InChI is InChI=1S/C36H62N4O/c1-3-5-7-9-11-13-19-31(37)21-15-17-29-27-33(23-25-35(29)39)41-34-24-26-36(40)30(28-34)18-16-22-32(38)20-14-12-10-8-6-4-2/h23-28,31-32H,3-22,37-40H2,1-2H3. The fraction of sp³-hybridized carbons (Fsp3) is 0.667. The second kappa shape index (κ2) is 21.5. The summed E-state index contributed by atoms with van der Waals surface area (Å²) in [6.07, 6.45) is 24.0. The van der Waals surface area contributed by atoms with Gasteiger partial charge in [-0.3, -0.25) is 0 Å². The zero-order valence-electron chi connectivity index (χ0n) is 26.5. The molecule has 2 rings (SSSR count). The van der Waals surface area contributed by atoms with Crippen molar-refractivity contribution < 1.29 is 4.74 Å². The van der Waals surface area contributed by atoms with Gasteiger partial charge in [0.15, 0.2) is 0 Å². The molecule has 41 heavy (non-hydrogen) atoms. The van der Waals surface area contributed by atoms with Crippen molar-refractivity contribution >= 4 is 11.4 Å². The van der Waals surface area contributed by atoms with Crippen molar-refractivity contribution in [1.82, 2.24) is 0 Å². The number of nitrogen functional groups attached to an aromatic ring is 2. The summed E-state index contributed by atoms with van der Waals surface area (Å²) in [5.41, 5.74) is 29.3. The lowest BCUT2D eigenvalue weighted by molar-refractivity contribution is 0.479. The second-order valence-corrected chi connectivity index (χ2v) is 12.2. The molecule has 232 valence electrons. The zero-order valence-corrected chi connectivity index (χ0v) is 26.5. The normalized spacial score (nSPS) is 12.9. The Morgan fingerprint density at radius 2 is 0.878 bits per heavy atom. The molecule has 0 aliphatic carbocycles. The maximum absolute atomic E-state index is 6.39. The van der Waals surface area contributed by atoms with Crippen LogP contribution in [0.2, 0.25) is 0 Å². The van der Waals surface area contributed by atoms with Crippen LogP contribution in [0.3, 0.4) is 0 Å². The van der Waals surface area contributed by atoms with E-state index < -0.39 is 0 Å². The van der Waals surface area contributed by atoms with Crippen LogP contribution in [-0.4, -0.2) is 12.1 Å². The molecule has 2 aromatic rings. The van der Waals surface area contributed by atoms with Crippen molar-refractivity contribution in [1.29, 1.82) is 0 Å². The summed E-state index contributed by atoms with van der Waals surface area (Å²) in [7, 11) is 0. The Hall–Kier alpha value is -2.24. The molecule has 0 saturated heterocycles. The molecule has 0 spiro atoms. The van der Waals surface area contributed by atoms with E-state index >= 15 is 0 Å². The molecule has 0 aliphatic rings. The molecular formula is C36H62N4O.